The molecule has 2 atom stereocenters. The van der Waals surface area contributed by atoms with Gasteiger partial charge in [0.05, 0.1) is 12.2 Å². The van der Waals surface area contributed by atoms with E-state index in [1.165, 1.54) is 6.92 Å². The lowest BCUT2D eigenvalue weighted by molar-refractivity contribution is -0.195. The van der Waals surface area contributed by atoms with Gasteiger partial charge in [-0.3, -0.25) is 14.4 Å². The van der Waals surface area contributed by atoms with Crippen LogP contribution in [-0.4, -0.2) is 39.6 Å². The van der Waals surface area contributed by atoms with Gasteiger partial charge in [0.1, 0.15) is 17.9 Å². The summed E-state index contributed by atoms with van der Waals surface area (Å²) in [6.45, 7) is 1.67. The van der Waals surface area contributed by atoms with Gasteiger partial charge < -0.3 is 5.11 Å². The van der Waals surface area contributed by atoms with Crippen molar-refractivity contribution in [3.63, 3.8) is 0 Å². The number of ketones is 1. The molecule has 1 fully saturated rings. The Labute approximate surface area is 213 Å². The molecule has 0 saturated heterocycles. The van der Waals surface area contributed by atoms with Crippen molar-refractivity contribution in [3.05, 3.63) is 88.2 Å². The second-order valence-corrected chi connectivity index (χ2v) is 9.71. The lowest BCUT2D eigenvalue weighted by atomic mass is 9.79. The van der Waals surface area contributed by atoms with E-state index in [9.17, 15) is 20.0 Å². The molecule has 2 aromatic carbocycles. The van der Waals surface area contributed by atoms with Crippen molar-refractivity contribution in [1.82, 2.24) is 10.0 Å². The van der Waals surface area contributed by atoms with Crippen LogP contribution in [0, 0.1) is 17.2 Å². The van der Waals surface area contributed by atoms with Gasteiger partial charge >= 0.3 is 0 Å². The summed E-state index contributed by atoms with van der Waals surface area (Å²) in [6.07, 6.45) is 0.552. The fourth-order valence-corrected chi connectivity index (χ4v) is 4.88. The number of aliphatic hydroxyl groups is 1. The van der Waals surface area contributed by atoms with Crippen molar-refractivity contribution in [2.24, 2.45) is 5.92 Å². The standard InChI is InChI=1S/C28H24ClN3O4/c1-17(33)26(34)28(14-21-4-2-5-22(15-30)31-21)24-7-3-6-23(19-10-12-20(29)13-11-19)25(24)27(35)32(28)36-16-18-8-9-18/h2-7,10-13,17-18,33H,8-9,14,16H2,1H3/t17?,28-/m1/s1. The first-order chi connectivity index (χ1) is 17.3. The van der Waals surface area contributed by atoms with Gasteiger partial charge in [0, 0.05) is 22.7 Å². The van der Waals surface area contributed by atoms with Crippen molar-refractivity contribution in [2.45, 2.75) is 37.8 Å². The number of pyridine rings is 1. The zero-order valence-electron chi connectivity index (χ0n) is 19.6. The second kappa shape index (κ2) is 9.47. The van der Waals surface area contributed by atoms with Crippen molar-refractivity contribution < 1.29 is 19.5 Å². The van der Waals surface area contributed by atoms with E-state index in [1.807, 2.05) is 24.3 Å². The molecule has 1 amide bonds. The van der Waals surface area contributed by atoms with Crippen LogP contribution in [0.4, 0.5) is 0 Å². The van der Waals surface area contributed by atoms with Crippen LogP contribution in [0.5, 0.6) is 0 Å². The largest absolute Gasteiger partial charge is 0.386 e. The molecule has 0 spiro atoms. The van der Waals surface area contributed by atoms with E-state index in [1.54, 1.807) is 42.5 Å². The number of nitrogens with zero attached hydrogens (tertiary/aromatic N) is 3. The van der Waals surface area contributed by atoms with E-state index in [4.69, 9.17) is 16.4 Å². The highest BCUT2D eigenvalue weighted by atomic mass is 35.5. The minimum Gasteiger partial charge on any atom is -0.386 e. The molecule has 0 bridgehead atoms. The number of hydrogen-bond donors (Lipinski definition) is 1. The molecule has 5 rings (SSSR count). The lowest BCUT2D eigenvalue weighted by Crippen LogP contribution is -2.54. The third-order valence-corrected chi connectivity index (χ3v) is 6.94. The van der Waals surface area contributed by atoms with Gasteiger partial charge in [-0.05, 0) is 61.1 Å². The average Bonchev–Trinajstić information content (AvgIpc) is 3.68. The summed E-state index contributed by atoms with van der Waals surface area (Å²) in [5, 5.41) is 21.6. The van der Waals surface area contributed by atoms with Gasteiger partial charge in [-0.2, -0.15) is 10.3 Å². The van der Waals surface area contributed by atoms with E-state index < -0.39 is 23.3 Å². The maximum atomic E-state index is 14.0. The molecule has 2 aliphatic rings. The molecule has 1 N–H and O–H groups in total. The van der Waals surface area contributed by atoms with Gasteiger partial charge in [-0.15, -0.1) is 0 Å². The van der Waals surface area contributed by atoms with Crippen molar-refractivity contribution in [3.8, 4) is 17.2 Å². The van der Waals surface area contributed by atoms with Crippen LogP contribution in [0.1, 0.15) is 47.1 Å². The number of aromatic nitrogens is 1. The molecule has 0 radical (unpaired) electrons. The second-order valence-electron chi connectivity index (χ2n) is 9.28. The Morgan fingerprint density at radius 1 is 1.22 bits per heavy atom. The van der Waals surface area contributed by atoms with Crippen molar-refractivity contribution in [1.29, 1.82) is 5.26 Å². The van der Waals surface area contributed by atoms with E-state index >= 15 is 0 Å². The fraction of sp³-hybridized carbons (Fsp3) is 0.286. The highest BCUT2D eigenvalue weighted by Crippen LogP contribution is 2.47. The molecule has 2 heterocycles. The maximum absolute atomic E-state index is 14.0. The Balaban J connectivity index is 1.73. The van der Waals surface area contributed by atoms with E-state index in [0.29, 0.717) is 33.3 Å². The van der Waals surface area contributed by atoms with E-state index in [2.05, 4.69) is 4.98 Å². The number of hydroxylamine groups is 2. The number of hydrogen-bond acceptors (Lipinski definition) is 6. The summed E-state index contributed by atoms with van der Waals surface area (Å²) in [6, 6.07) is 19.4. The van der Waals surface area contributed by atoms with Crippen LogP contribution in [0.3, 0.4) is 0 Å². The fourth-order valence-electron chi connectivity index (χ4n) is 4.75. The van der Waals surface area contributed by atoms with Crippen LogP contribution in [0.2, 0.25) is 5.02 Å². The number of benzene rings is 2. The Hall–Kier alpha value is -3.57. The Morgan fingerprint density at radius 2 is 1.94 bits per heavy atom. The monoisotopic (exact) mass is 501 g/mol. The minimum atomic E-state index is -1.65. The third-order valence-electron chi connectivity index (χ3n) is 6.69. The first kappa shape index (κ1) is 24.1. The van der Waals surface area contributed by atoms with Crippen LogP contribution in [0.25, 0.3) is 11.1 Å². The Bertz CT molecular complexity index is 1380. The summed E-state index contributed by atoms with van der Waals surface area (Å²) < 4.78 is 0. The maximum Gasteiger partial charge on any atom is 0.279 e. The van der Waals surface area contributed by atoms with Gasteiger partial charge in [0.2, 0.25) is 0 Å². The molecule has 1 saturated carbocycles. The number of nitriles is 1. The third kappa shape index (κ3) is 4.18. The van der Waals surface area contributed by atoms with Gasteiger partial charge in [0.15, 0.2) is 11.3 Å². The first-order valence-corrected chi connectivity index (χ1v) is 12.2. The van der Waals surface area contributed by atoms with Gasteiger partial charge in [-0.1, -0.05) is 48.0 Å². The molecule has 1 aliphatic heterocycles. The summed E-state index contributed by atoms with van der Waals surface area (Å²) in [4.78, 5) is 38.3. The molecule has 1 unspecified atom stereocenters. The van der Waals surface area contributed by atoms with Crippen LogP contribution >= 0.6 is 11.6 Å². The molecule has 1 aromatic heterocycles. The molecular formula is C28H24ClN3O4. The number of aliphatic hydroxyl groups excluding tert-OH is 1. The zero-order chi connectivity index (χ0) is 25.4. The highest BCUT2D eigenvalue weighted by molar-refractivity contribution is 6.30. The van der Waals surface area contributed by atoms with Gasteiger partial charge in [-0.25, -0.2) is 4.98 Å². The Morgan fingerprint density at radius 3 is 2.61 bits per heavy atom. The minimum absolute atomic E-state index is 0.0558. The summed E-state index contributed by atoms with van der Waals surface area (Å²) >= 11 is 6.08. The molecular weight excluding hydrogens is 478 g/mol. The quantitative estimate of drug-likeness (QED) is 0.488. The van der Waals surface area contributed by atoms with E-state index in [-0.39, 0.29) is 18.7 Å². The molecule has 1 aliphatic carbocycles. The smallest absolute Gasteiger partial charge is 0.279 e. The number of fused-ring (bicyclic) bond motifs is 1. The van der Waals surface area contributed by atoms with Crippen LogP contribution in [0.15, 0.2) is 60.7 Å². The number of Topliss-reactive ketones (excluding diaryl/α,β-unsaturated/α-hetero) is 1. The van der Waals surface area contributed by atoms with Crippen LogP contribution in [-0.2, 0) is 21.6 Å². The van der Waals surface area contributed by atoms with Gasteiger partial charge in [0.25, 0.3) is 5.91 Å². The molecule has 182 valence electrons. The highest BCUT2D eigenvalue weighted by Gasteiger charge is 2.58. The lowest BCUT2D eigenvalue weighted by Gasteiger charge is -2.37. The number of carbonyl (C=O) groups is 2. The average molecular weight is 502 g/mol. The summed E-state index contributed by atoms with van der Waals surface area (Å²) in [7, 11) is 0. The van der Waals surface area contributed by atoms with E-state index in [0.717, 1.165) is 23.5 Å². The summed E-state index contributed by atoms with van der Waals surface area (Å²) in [5.74, 6) is -0.721. The number of carbonyl (C=O) groups excluding carboxylic acids is 2. The first-order valence-electron chi connectivity index (χ1n) is 11.8. The SMILES string of the molecule is CC(O)C(=O)[C@@]1(Cc2cccc(C#N)n2)c2cccc(-c3ccc(Cl)cc3)c2C(=O)N1OCC1CC1. The molecule has 8 heteroatoms. The molecule has 3 aromatic rings. The van der Waals surface area contributed by atoms with Crippen molar-refractivity contribution in [2.75, 3.05) is 6.61 Å². The number of amides is 1. The number of rotatable bonds is 8. The Kier molecular flexibility index (Phi) is 6.35. The van der Waals surface area contributed by atoms with Crippen molar-refractivity contribution >= 4 is 23.3 Å². The van der Waals surface area contributed by atoms with Crippen LogP contribution < -0.4 is 0 Å². The normalized spacial score (nSPS) is 19.6. The predicted molar refractivity (Wildman–Crippen MR) is 133 cm³/mol. The predicted octanol–water partition coefficient (Wildman–Crippen LogP) is 4.46. The zero-order valence-corrected chi connectivity index (χ0v) is 20.4. The summed E-state index contributed by atoms with van der Waals surface area (Å²) in [5.41, 5.74) is 1.13. The topological polar surface area (TPSA) is 104 Å². The number of halogens is 1. The molecule has 36 heavy (non-hydrogen) atoms. The molecule has 7 nitrogen and oxygen atoms in total.